The van der Waals surface area contributed by atoms with Crippen LogP contribution in [-0.4, -0.2) is 70.7 Å². The molecule has 1 aliphatic heterocycles. The van der Waals surface area contributed by atoms with E-state index in [2.05, 4.69) is 5.32 Å². The zero-order valence-corrected chi connectivity index (χ0v) is 21.5. The van der Waals surface area contributed by atoms with Gasteiger partial charge in [0.1, 0.15) is 11.7 Å². The molecule has 0 aliphatic carbocycles. The molecule has 1 saturated heterocycles. The number of carboxylic acid groups (broad SMARTS) is 1. The molecule has 8 nitrogen and oxygen atoms in total. The summed E-state index contributed by atoms with van der Waals surface area (Å²) < 4.78 is 14.9. The third kappa shape index (κ3) is 6.80. The minimum absolute atomic E-state index is 0.0653. The molecule has 35 heavy (non-hydrogen) atoms. The summed E-state index contributed by atoms with van der Waals surface area (Å²) in [5.41, 5.74) is -0.653. The molecular weight excluding hydrogens is 451 g/mol. The lowest BCUT2D eigenvalue weighted by atomic mass is 9.80. The van der Waals surface area contributed by atoms with Crippen LogP contribution < -0.4 is 5.32 Å². The topological polar surface area (TPSA) is 114 Å². The van der Waals surface area contributed by atoms with Gasteiger partial charge in [0.25, 0.3) is 5.91 Å². The van der Waals surface area contributed by atoms with Crippen molar-refractivity contribution in [2.45, 2.75) is 66.3 Å². The summed E-state index contributed by atoms with van der Waals surface area (Å²) in [5, 5.41) is 20.1. The van der Waals surface area contributed by atoms with Crippen LogP contribution in [0.5, 0.6) is 0 Å². The third-order valence-electron chi connectivity index (χ3n) is 7.07. The van der Waals surface area contributed by atoms with Crippen molar-refractivity contribution in [2.24, 2.45) is 11.3 Å². The molecule has 3 N–H and O–H groups in total. The number of nitrogens with zero attached hydrogens (tertiary/aromatic N) is 2. The van der Waals surface area contributed by atoms with Crippen LogP contribution in [0.4, 0.5) is 4.39 Å². The van der Waals surface area contributed by atoms with Gasteiger partial charge in [0.2, 0.25) is 5.91 Å². The number of carboxylic acids is 1. The van der Waals surface area contributed by atoms with Crippen LogP contribution >= 0.6 is 0 Å². The van der Waals surface area contributed by atoms with Gasteiger partial charge in [0, 0.05) is 44.2 Å². The van der Waals surface area contributed by atoms with Crippen molar-refractivity contribution < 1.29 is 23.9 Å². The maximum absolute atomic E-state index is 14.9. The van der Waals surface area contributed by atoms with Crippen LogP contribution in [0, 0.1) is 22.6 Å². The van der Waals surface area contributed by atoms with Gasteiger partial charge in [0.15, 0.2) is 0 Å². The summed E-state index contributed by atoms with van der Waals surface area (Å²) in [7, 11) is 0. The number of piperidine rings is 1. The second-order valence-electron chi connectivity index (χ2n) is 9.70. The molecule has 0 aromatic heterocycles. The molecule has 1 fully saturated rings. The lowest BCUT2D eigenvalue weighted by molar-refractivity contribution is -0.143. The lowest BCUT2D eigenvalue weighted by Gasteiger charge is -2.40. The van der Waals surface area contributed by atoms with Crippen molar-refractivity contribution >= 4 is 23.6 Å². The van der Waals surface area contributed by atoms with Crippen molar-refractivity contribution in [1.82, 2.24) is 15.1 Å². The van der Waals surface area contributed by atoms with E-state index >= 15 is 0 Å². The van der Waals surface area contributed by atoms with Gasteiger partial charge in [-0.2, -0.15) is 0 Å². The van der Waals surface area contributed by atoms with E-state index in [1.54, 1.807) is 29.7 Å². The number of carbonyl (C=O) groups excluding carboxylic acids is 2. The molecule has 0 saturated carbocycles. The summed E-state index contributed by atoms with van der Waals surface area (Å²) in [6.07, 6.45) is 1.86. The van der Waals surface area contributed by atoms with E-state index in [0.717, 1.165) is 0 Å². The SMILES string of the molecule is CC[C@@H](NC(=O)c1ccc(C(=N)N(CC)CC)cc1F)C(C)(C)C(=O)N1CCC(CC(=O)O)CC1. The molecule has 9 heteroatoms. The van der Waals surface area contributed by atoms with Gasteiger partial charge in [-0.25, -0.2) is 4.39 Å². The first-order valence-corrected chi connectivity index (χ1v) is 12.4. The molecule has 1 atom stereocenters. The van der Waals surface area contributed by atoms with Gasteiger partial charge in [-0.05, 0) is 65.0 Å². The lowest BCUT2D eigenvalue weighted by Crippen LogP contribution is -2.54. The van der Waals surface area contributed by atoms with Gasteiger partial charge in [-0.3, -0.25) is 19.8 Å². The fourth-order valence-electron chi connectivity index (χ4n) is 4.74. The predicted molar refractivity (Wildman–Crippen MR) is 133 cm³/mol. The molecule has 0 spiro atoms. The first-order valence-electron chi connectivity index (χ1n) is 12.4. The maximum atomic E-state index is 14.9. The van der Waals surface area contributed by atoms with Crippen molar-refractivity contribution in [2.75, 3.05) is 26.2 Å². The van der Waals surface area contributed by atoms with Crippen molar-refractivity contribution in [3.8, 4) is 0 Å². The predicted octanol–water partition coefficient (Wildman–Crippen LogP) is 3.74. The number of nitrogens with one attached hydrogen (secondary N) is 2. The van der Waals surface area contributed by atoms with Gasteiger partial charge >= 0.3 is 5.97 Å². The second kappa shape index (κ2) is 12.1. The average molecular weight is 491 g/mol. The van der Waals surface area contributed by atoms with Crippen LogP contribution in [0.2, 0.25) is 0 Å². The summed E-state index contributed by atoms with van der Waals surface area (Å²) >= 11 is 0. The fourth-order valence-corrected chi connectivity index (χ4v) is 4.74. The van der Waals surface area contributed by atoms with Crippen LogP contribution in [0.3, 0.4) is 0 Å². The minimum atomic E-state index is -0.925. The number of benzene rings is 1. The highest BCUT2D eigenvalue weighted by molar-refractivity contribution is 5.99. The molecule has 1 aromatic rings. The van der Waals surface area contributed by atoms with E-state index in [4.69, 9.17) is 10.5 Å². The molecule has 0 radical (unpaired) electrons. The zero-order chi connectivity index (χ0) is 26.3. The molecular formula is C26H39FN4O4. The number of likely N-dealkylation sites (tertiary alicyclic amines) is 1. The monoisotopic (exact) mass is 490 g/mol. The van der Waals surface area contributed by atoms with Gasteiger partial charge in [0.05, 0.1) is 11.0 Å². The maximum Gasteiger partial charge on any atom is 0.303 e. The van der Waals surface area contributed by atoms with Gasteiger partial charge in [-0.15, -0.1) is 0 Å². The highest BCUT2D eigenvalue weighted by Gasteiger charge is 2.40. The summed E-state index contributed by atoms with van der Waals surface area (Å²) in [6, 6.07) is 3.63. The molecule has 1 heterocycles. The minimum Gasteiger partial charge on any atom is -0.481 e. The van der Waals surface area contributed by atoms with E-state index in [0.29, 0.717) is 51.0 Å². The summed E-state index contributed by atoms with van der Waals surface area (Å²) in [5.74, 6) is -1.98. The Morgan fingerprint density at radius 1 is 1.20 bits per heavy atom. The number of amides is 2. The first-order chi connectivity index (χ1) is 16.5. The number of carbonyl (C=O) groups is 3. The Balaban J connectivity index is 2.10. The molecule has 2 rings (SSSR count). The smallest absolute Gasteiger partial charge is 0.303 e. The van der Waals surface area contributed by atoms with E-state index in [-0.39, 0.29) is 29.6 Å². The van der Waals surface area contributed by atoms with Gasteiger partial charge in [-0.1, -0.05) is 13.0 Å². The first kappa shape index (κ1) is 28.3. The standard InChI is InChI=1S/C26H39FN4O4/c1-6-21(26(4,5)25(35)31-13-11-17(12-14-31)15-22(32)33)29-24(34)19-10-9-18(16-20(19)27)23(28)30(7-2)8-3/h9-10,16-17,21,28H,6-8,11-15H2,1-5H3,(H,29,34)(H,32,33)/t21-/m1/s1. The fraction of sp³-hybridized carbons (Fsp3) is 0.615. The molecule has 1 aromatic carbocycles. The highest BCUT2D eigenvalue weighted by atomic mass is 19.1. The van der Waals surface area contributed by atoms with Gasteiger partial charge < -0.3 is 20.2 Å². The Morgan fingerprint density at radius 2 is 1.80 bits per heavy atom. The van der Waals surface area contributed by atoms with Crippen LogP contribution in [0.15, 0.2) is 18.2 Å². The van der Waals surface area contributed by atoms with Crippen LogP contribution in [0.1, 0.15) is 76.2 Å². The summed E-state index contributed by atoms with van der Waals surface area (Å²) in [4.78, 5) is 40.8. The van der Waals surface area contributed by atoms with Crippen molar-refractivity contribution in [1.29, 1.82) is 5.41 Å². The van der Waals surface area contributed by atoms with Crippen molar-refractivity contribution in [3.05, 3.63) is 35.1 Å². The highest BCUT2D eigenvalue weighted by Crippen LogP contribution is 2.30. The largest absolute Gasteiger partial charge is 0.481 e. The average Bonchev–Trinajstić information content (AvgIpc) is 2.82. The number of aliphatic carboxylic acids is 1. The molecule has 0 unspecified atom stereocenters. The quantitative estimate of drug-likeness (QED) is 0.342. The Hall–Kier alpha value is -2.97. The van der Waals surface area contributed by atoms with E-state index in [9.17, 15) is 18.8 Å². The molecule has 2 amide bonds. The van der Waals surface area contributed by atoms with Crippen molar-refractivity contribution in [3.63, 3.8) is 0 Å². The zero-order valence-electron chi connectivity index (χ0n) is 21.5. The molecule has 0 bridgehead atoms. The number of halogens is 1. The van der Waals surface area contributed by atoms with Crippen LogP contribution in [0.25, 0.3) is 0 Å². The Kier molecular flexibility index (Phi) is 9.80. The Bertz CT molecular complexity index is 937. The Morgan fingerprint density at radius 3 is 2.29 bits per heavy atom. The third-order valence-corrected chi connectivity index (χ3v) is 7.07. The second-order valence-corrected chi connectivity index (χ2v) is 9.70. The Labute approximate surface area is 207 Å². The number of hydrogen-bond acceptors (Lipinski definition) is 4. The van der Waals surface area contributed by atoms with E-state index in [1.165, 1.54) is 12.1 Å². The molecule has 194 valence electrons. The normalized spacial score (nSPS) is 15.4. The molecule has 1 aliphatic rings. The van der Waals surface area contributed by atoms with E-state index in [1.807, 2.05) is 20.8 Å². The summed E-state index contributed by atoms with van der Waals surface area (Å²) in [6.45, 7) is 11.5. The number of amidine groups is 1. The number of rotatable bonds is 10. The van der Waals surface area contributed by atoms with Crippen LogP contribution in [-0.2, 0) is 9.59 Å². The number of hydrogen-bond donors (Lipinski definition) is 3. The van der Waals surface area contributed by atoms with E-state index < -0.39 is 29.2 Å².